The second-order valence-corrected chi connectivity index (χ2v) is 5.06. The van der Waals surface area contributed by atoms with E-state index >= 15 is 0 Å². The van der Waals surface area contributed by atoms with Crippen molar-refractivity contribution in [3.05, 3.63) is 65.7 Å². The zero-order chi connectivity index (χ0) is 13.1. The van der Waals surface area contributed by atoms with Gasteiger partial charge < -0.3 is 10.2 Å². The zero-order valence-electron chi connectivity index (χ0n) is 10.7. The summed E-state index contributed by atoms with van der Waals surface area (Å²) in [5, 5.41) is 4.15. The maximum Gasteiger partial charge on any atom is 0.173 e. The van der Waals surface area contributed by atoms with Gasteiger partial charge in [0.05, 0.1) is 0 Å². The first kappa shape index (κ1) is 12.2. The molecule has 3 heteroatoms. The fourth-order valence-corrected chi connectivity index (χ4v) is 2.68. The van der Waals surface area contributed by atoms with Crippen LogP contribution in [0.2, 0.25) is 0 Å². The summed E-state index contributed by atoms with van der Waals surface area (Å²) in [6.45, 7) is 1.75. The number of anilines is 1. The van der Waals surface area contributed by atoms with Crippen LogP contribution < -0.4 is 10.2 Å². The van der Waals surface area contributed by atoms with Gasteiger partial charge in [-0.15, -0.1) is 0 Å². The molecule has 0 saturated carbocycles. The number of hydrogen-bond donors (Lipinski definition) is 1. The van der Waals surface area contributed by atoms with Crippen molar-refractivity contribution in [2.75, 3.05) is 11.4 Å². The molecular weight excluding hydrogens is 252 g/mol. The lowest BCUT2D eigenvalue weighted by atomic mass is 10.2. The molecule has 0 bridgehead atoms. The van der Waals surface area contributed by atoms with Crippen molar-refractivity contribution in [1.29, 1.82) is 0 Å². The van der Waals surface area contributed by atoms with E-state index in [4.69, 9.17) is 12.2 Å². The molecule has 3 rings (SSSR count). The van der Waals surface area contributed by atoms with Crippen LogP contribution in [0.1, 0.15) is 11.1 Å². The Morgan fingerprint density at radius 2 is 1.79 bits per heavy atom. The molecule has 96 valence electrons. The number of nitrogens with zero attached hydrogens (tertiary/aromatic N) is 1. The van der Waals surface area contributed by atoms with Gasteiger partial charge in [-0.05, 0) is 35.8 Å². The van der Waals surface area contributed by atoms with Crippen molar-refractivity contribution in [3.63, 3.8) is 0 Å². The highest BCUT2D eigenvalue weighted by Crippen LogP contribution is 2.27. The lowest BCUT2D eigenvalue weighted by molar-refractivity contribution is 0.889. The summed E-state index contributed by atoms with van der Waals surface area (Å²) in [5.41, 5.74) is 3.87. The minimum atomic E-state index is 0.776. The fraction of sp³-hybridized carbons (Fsp3) is 0.188. The van der Waals surface area contributed by atoms with E-state index in [1.54, 1.807) is 0 Å². The number of rotatable bonds is 2. The molecule has 2 aromatic rings. The molecule has 0 fully saturated rings. The first-order chi connectivity index (χ1) is 9.34. The van der Waals surface area contributed by atoms with Gasteiger partial charge in [0.15, 0.2) is 5.11 Å². The lowest BCUT2D eigenvalue weighted by Gasteiger charge is -2.21. The molecule has 0 amide bonds. The molecule has 1 heterocycles. The summed E-state index contributed by atoms with van der Waals surface area (Å²) >= 11 is 5.50. The summed E-state index contributed by atoms with van der Waals surface area (Å²) in [6, 6.07) is 18.8. The van der Waals surface area contributed by atoms with E-state index in [2.05, 4.69) is 46.6 Å². The van der Waals surface area contributed by atoms with Crippen LogP contribution in [0.4, 0.5) is 5.69 Å². The second-order valence-electron chi connectivity index (χ2n) is 4.67. The van der Waals surface area contributed by atoms with Crippen molar-refractivity contribution in [3.8, 4) is 0 Å². The van der Waals surface area contributed by atoms with E-state index in [-0.39, 0.29) is 0 Å². The highest BCUT2D eigenvalue weighted by molar-refractivity contribution is 7.80. The number of benzene rings is 2. The average molecular weight is 268 g/mol. The standard InChI is InChI=1S/C16H16N2S/c19-16(17-12-13-6-2-1-3-7-13)18-11-10-14-8-4-5-9-15(14)18/h1-9H,10-12H2,(H,17,19). The van der Waals surface area contributed by atoms with Crippen molar-refractivity contribution in [1.82, 2.24) is 5.32 Å². The maximum atomic E-state index is 5.50. The van der Waals surface area contributed by atoms with Crippen molar-refractivity contribution < 1.29 is 0 Å². The van der Waals surface area contributed by atoms with Crippen LogP contribution in [0.25, 0.3) is 0 Å². The van der Waals surface area contributed by atoms with Gasteiger partial charge in [-0.2, -0.15) is 0 Å². The van der Waals surface area contributed by atoms with Crippen molar-refractivity contribution in [2.24, 2.45) is 0 Å². The van der Waals surface area contributed by atoms with Crippen LogP contribution in [-0.4, -0.2) is 11.7 Å². The first-order valence-electron chi connectivity index (χ1n) is 6.52. The molecule has 0 atom stereocenters. The van der Waals surface area contributed by atoms with Gasteiger partial charge in [-0.1, -0.05) is 48.5 Å². The first-order valence-corrected chi connectivity index (χ1v) is 6.92. The molecule has 19 heavy (non-hydrogen) atoms. The van der Waals surface area contributed by atoms with Crippen LogP contribution in [0.5, 0.6) is 0 Å². The zero-order valence-corrected chi connectivity index (χ0v) is 11.5. The number of hydrogen-bond acceptors (Lipinski definition) is 1. The van der Waals surface area contributed by atoms with Gasteiger partial charge in [0, 0.05) is 18.8 Å². The Hall–Kier alpha value is -1.87. The third-order valence-electron chi connectivity index (χ3n) is 3.42. The summed E-state index contributed by atoms with van der Waals surface area (Å²) in [4.78, 5) is 2.19. The quantitative estimate of drug-likeness (QED) is 0.843. The number of para-hydroxylation sites is 1. The van der Waals surface area contributed by atoms with E-state index in [1.165, 1.54) is 16.8 Å². The van der Waals surface area contributed by atoms with E-state index < -0.39 is 0 Å². The minimum Gasteiger partial charge on any atom is -0.358 e. The molecule has 2 nitrogen and oxygen atoms in total. The summed E-state index contributed by atoms with van der Waals surface area (Å²) in [7, 11) is 0. The topological polar surface area (TPSA) is 15.3 Å². The predicted molar refractivity (Wildman–Crippen MR) is 83.4 cm³/mol. The highest BCUT2D eigenvalue weighted by Gasteiger charge is 2.21. The minimum absolute atomic E-state index is 0.776. The largest absolute Gasteiger partial charge is 0.358 e. The molecule has 0 saturated heterocycles. The Morgan fingerprint density at radius 3 is 2.63 bits per heavy atom. The van der Waals surface area contributed by atoms with Crippen LogP contribution in [-0.2, 0) is 13.0 Å². The van der Waals surface area contributed by atoms with Gasteiger partial charge in [-0.25, -0.2) is 0 Å². The molecule has 0 spiro atoms. The Morgan fingerprint density at radius 1 is 1.05 bits per heavy atom. The van der Waals surface area contributed by atoms with Crippen LogP contribution >= 0.6 is 12.2 Å². The molecule has 1 aliphatic heterocycles. The van der Waals surface area contributed by atoms with Gasteiger partial charge >= 0.3 is 0 Å². The van der Waals surface area contributed by atoms with Gasteiger partial charge in [0.2, 0.25) is 0 Å². The second kappa shape index (κ2) is 5.41. The van der Waals surface area contributed by atoms with E-state index in [0.717, 1.165) is 24.6 Å². The number of fused-ring (bicyclic) bond motifs is 1. The third-order valence-corrected chi connectivity index (χ3v) is 3.78. The molecular formula is C16H16N2S. The van der Waals surface area contributed by atoms with Gasteiger partial charge in [0.25, 0.3) is 0 Å². The van der Waals surface area contributed by atoms with E-state index in [1.807, 2.05) is 18.2 Å². The Labute approximate surface area is 119 Å². The molecule has 0 unspecified atom stereocenters. The van der Waals surface area contributed by atoms with Crippen molar-refractivity contribution in [2.45, 2.75) is 13.0 Å². The molecule has 0 aromatic heterocycles. The van der Waals surface area contributed by atoms with Crippen LogP contribution in [0.15, 0.2) is 54.6 Å². The summed E-state index contributed by atoms with van der Waals surface area (Å²) in [5.74, 6) is 0. The predicted octanol–water partition coefficient (Wildman–Crippen LogP) is 3.12. The Kier molecular flexibility index (Phi) is 3.47. The fourth-order valence-electron chi connectivity index (χ4n) is 2.42. The Bertz CT molecular complexity index is 580. The Balaban J connectivity index is 1.66. The van der Waals surface area contributed by atoms with Gasteiger partial charge in [0.1, 0.15) is 0 Å². The summed E-state index contributed by atoms with van der Waals surface area (Å²) in [6.07, 6.45) is 1.07. The number of nitrogens with one attached hydrogen (secondary N) is 1. The normalized spacial score (nSPS) is 13.2. The lowest BCUT2D eigenvalue weighted by Crippen LogP contribution is -2.38. The maximum absolute atomic E-state index is 5.50. The highest BCUT2D eigenvalue weighted by atomic mass is 32.1. The van der Waals surface area contributed by atoms with Crippen molar-refractivity contribution >= 4 is 23.0 Å². The smallest absolute Gasteiger partial charge is 0.173 e. The van der Waals surface area contributed by atoms with Crippen LogP contribution in [0, 0.1) is 0 Å². The molecule has 1 N–H and O–H groups in total. The average Bonchev–Trinajstić information content (AvgIpc) is 2.90. The third kappa shape index (κ3) is 2.61. The SMILES string of the molecule is S=C(NCc1ccccc1)N1CCc2ccccc21. The molecule has 1 aliphatic rings. The van der Waals surface area contributed by atoms with E-state index in [9.17, 15) is 0 Å². The number of thiocarbonyl (C=S) groups is 1. The van der Waals surface area contributed by atoms with Crippen LogP contribution in [0.3, 0.4) is 0 Å². The van der Waals surface area contributed by atoms with Gasteiger partial charge in [-0.3, -0.25) is 0 Å². The molecule has 0 radical (unpaired) electrons. The molecule has 0 aliphatic carbocycles. The summed E-state index contributed by atoms with van der Waals surface area (Å²) < 4.78 is 0. The van der Waals surface area contributed by atoms with E-state index in [0.29, 0.717) is 0 Å². The molecule has 2 aromatic carbocycles. The monoisotopic (exact) mass is 268 g/mol.